The Kier molecular flexibility index (Phi) is 9.41. The minimum Gasteiger partial charge on any atom is -0.457 e. The summed E-state index contributed by atoms with van der Waals surface area (Å²) in [6.45, 7) is 5.18. The average molecular weight is 517 g/mol. The first kappa shape index (κ1) is 26.4. The second-order valence-corrected chi connectivity index (χ2v) is 9.91. The summed E-state index contributed by atoms with van der Waals surface area (Å²) >= 11 is 0. The number of fused-ring (bicyclic) bond motifs is 1. The minimum atomic E-state index is -3.42. The molecule has 2 aromatic carbocycles. The molecule has 3 N–H and O–H groups in total. The van der Waals surface area contributed by atoms with Gasteiger partial charge in [0.2, 0.25) is 0 Å². The molecule has 3 heterocycles. The number of H-pyrrole nitrogens is 1. The van der Waals surface area contributed by atoms with Crippen LogP contribution in [0.5, 0.6) is 11.5 Å². The average Bonchev–Trinajstić information content (AvgIpc) is 3.33. The number of piperidine rings is 1. The summed E-state index contributed by atoms with van der Waals surface area (Å²) < 4.78 is 28.5. The molecule has 1 aliphatic heterocycles. The standard InChI is InChI=1S/C17H13N5O.C5H10ClNO2S.C2H6/c18-16-14-15(21-22-17(14)20-10-19-16)11-6-8-13(9-7-11)23-12-4-2-1-3-5-12;6-10(8,9)7-4-2-1-3-5-7;1-2/h1-10H,(H3,18,19,20,21,22);1-5H2;1-2H3. The summed E-state index contributed by atoms with van der Waals surface area (Å²) in [5, 5.41) is 7.85. The maximum atomic E-state index is 10.7. The van der Waals surface area contributed by atoms with Crippen molar-refractivity contribution in [2.24, 2.45) is 0 Å². The van der Waals surface area contributed by atoms with Crippen molar-refractivity contribution < 1.29 is 13.2 Å². The zero-order valence-corrected chi connectivity index (χ0v) is 21.3. The largest absolute Gasteiger partial charge is 0.457 e. The number of hydrogen-bond acceptors (Lipinski definition) is 7. The predicted molar refractivity (Wildman–Crippen MR) is 140 cm³/mol. The maximum absolute atomic E-state index is 10.7. The lowest BCUT2D eigenvalue weighted by Crippen LogP contribution is -2.32. The molecule has 5 rings (SSSR count). The Morgan fingerprint density at radius 1 is 0.943 bits per heavy atom. The van der Waals surface area contributed by atoms with Crippen molar-refractivity contribution in [2.75, 3.05) is 18.8 Å². The van der Waals surface area contributed by atoms with E-state index in [-0.39, 0.29) is 0 Å². The predicted octanol–water partition coefficient (Wildman–Crippen LogP) is 5.38. The van der Waals surface area contributed by atoms with Gasteiger partial charge in [0.15, 0.2) is 5.65 Å². The Hall–Kier alpha value is -3.21. The van der Waals surface area contributed by atoms with E-state index in [2.05, 4.69) is 20.2 Å². The van der Waals surface area contributed by atoms with Crippen LogP contribution in [0.3, 0.4) is 0 Å². The summed E-state index contributed by atoms with van der Waals surface area (Å²) in [5.41, 5.74) is 8.22. The van der Waals surface area contributed by atoms with Crippen LogP contribution in [0.25, 0.3) is 22.3 Å². The maximum Gasteiger partial charge on any atom is 0.299 e. The van der Waals surface area contributed by atoms with E-state index in [0.29, 0.717) is 24.6 Å². The van der Waals surface area contributed by atoms with Crippen LogP contribution < -0.4 is 10.5 Å². The molecule has 0 saturated carbocycles. The molecule has 2 aromatic heterocycles. The number of benzene rings is 2. The number of aromatic nitrogens is 4. The number of nitrogen functional groups attached to an aromatic ring is 1. The highest BCUT2D eigenvalue weighted by atomic mass is 35.7. The number of nitrogens with two attached hydrogens (primary N) is 1. The van der Waals surface area contributed by atoms with Gasteiger partial charge in [-0.15, -0.1) is 0 Å². The molecule has 1 fully saturated rings. The smallest absolute Gasteiger partial charge is 0.299 e. The van der Waals surface area contributed by atoms with Crippen molar-refractivity contribution in [1.82, 2.24) is 24.5 Å². The van der Waals surface area contributed by atoms with Crippen molar-refractivity contribution in [3.63, 3.8) is 0 Å². The van der Waals surface area contributed by atoms with Crippen LogP contribution in [0, 0.1) is 0 Å². The topological polar surface area (TPSA) is 127 Å². The fourth-order valence-electron chi connectivity index (χ4n) is 3.48. The molecule has 0 amide bonds. The van der Waals surface area contributed by atoms with Crippen molar-refractivity contribution in [3.8, 4) is 22.8 Å². The normalized spacial score (nSPS) is 13.8. The van der Waals surface area contributed by atoms with Gasteiger partial charge in [0.05, 0.1) is 11.1 Å². The first-order valence-electron chi connectivity index (χ1n) is 11.4. The van der Waals surface area contributed by atoms with Crippen LogP contribution in [-0.2, 0) is 9.24 Å². The zero-order chi connectivity index (χ0) is 25.3. The summed E-state index contributed by atoms with van der Waals surface area (Å²) in [4.78, 5) is 8.12. The van der Waals surface area contributed by atoms with Gasteiger partial charge < -0.3 is 10.5 Å². The van der Waals surface area contributed by atoms with Crippen molar-refractivity contribution in [1.29, 1.82) is 0 Å². The number of para-hydroxylation sites is 1. The van der Waals surface area contributed by atoms with Gasteiger partial charge in [-0.05, 0) is 49.2 Å². The molecule has 0 spiro atoms. The second-order valence-electron chi connectivity index (χ2n) is 7.40. The Morgan fingerprint density at radius 3 is 2.17 bits per heavy atom. The lowest BCUT2D eigenvalue weighted by atomic mass is 10.1. The summed E-state index contributed by atoms with van der Waals surface area (Å²) in [5.74, 6) is 1.96. The van der Waals surface area contributed by atoms with Gasteiger partial charge in [0.25, 0.3) is 9.24 Å². The van der Waals surface area contributed by atoms with Crippen molar-refractivity contribution in [3.05, 3.63) is 60.9 Å². The molecule has 1 aliphatic rings. The molecular formula is C24H29ClN6O3S. The molecular weight excluding hydrogens is 488 g/mol. The third-order valence-corrected chi connectivity index (χ3v) is 6.69. The number of anilines is 1. The van der Waals surface area contributed by atoms with Gasteiger partial charge in [-0.1, -0.05) is 38.5 Å². The van der Waals surface area contributed by atoms with Crippen molar-refractivity contribution >= 4 is 36.8 Å². The quantitative estimate of drug-likeness (QED) is 0.349. The first-order valence-corrected chi connectivity index (χ1v) is 13.7. The second kappa shape index (κ2) is 12.5. The monoisotopic (exact) mass is 516 g/mol. The number of nitrogens with one attached hydrogen (secondary N) is 1. The van der Waals surface area contributed by atoms with E-state index in [1.165, 1.54) is 10.6 Å². The zero-order valence-electron chi connectivity index (χ0n) is 19.7. The Labute approximate surface area is 209 Å². The Balaban J connectivity index is 0.000000240. The van der Waals surface area contributed by atoms with Crippen LogP contribution >= 0.6 is 10.7 Å². The van der Waals surface area contributed by atoms with Crippen LogP contribution in [0.2, 0.25) is 0 Å². The van der Waals surface area contributed by atoms with Crippen LogP contribution in [0.4, 0.5) is 5.82 Å². The van der Waals surface area contributed by atoms with E-state index in [0.717, 1.165) is 47.4 Å². The number of nitrogens with zero attached hydrogens (tertiary/aromatic N) is 4. The molecule has 0 aliphatic carbocycles. The van der Waals surface area contributed by atoms with Gasteiger partial charge in [0.1, 0.15) is 23.6 Å². The van der Waals surface area contributed by atoms with E-state index in [1.54, 1.807) is 0 Å². The molecule has 35 heavy (non-hydrogen) atoms. The highest BCUT2D eigenvalue weighted by Gasteiger charge is 2.20. The van der Waals surface area contributed by atoms with E-state index >= 15 is 0 Å². The van der Waals surface area contributed by atoms with Gasteiger partial charge in [0, 0.05) is 29.3 Å². The molecule has 11 heteroatoms. The molecule has 0 bridgehead atoms. The van der Waals surface area contributed by atoms with Crippen molar-refractivity contribution in [2.45, 2.75) is 33.1 Å². The number of halogens is 1. The van der Waals surface area contributed by atoms with Crippen LogP contribution in [-0.4, -0.2) is 46.0 Å². The number of ether oxygens (including phenoxy) is 1. The highest BCUT2D eigenvalue weighted by Crippen LogP contribution is 2.30. The number of rotatable bonds is 4. The number of hydrogen-bond donors (Lipinski definition) is 2. The lowest BCUT2D eigenvalue weighted by molar-refractivity contribution is 0.353. The summed E-state index contributed by atoms with van der Waals surface area (Å²) in [7, 11) is 1.69. The molecule has 186 valence electrons. The van der Waals surface area contributed by atoms with Crippen LogP contribution in [0.1, 0.15) is 33.1 Å². The molecule has 0 unspecified atom stereocenters. The molecule has 1 saturated heterocycles. The molecule has 9 nitrogen and oxygen atoms in total. The Morgan fingerprint density at radius 2 is 1.57 bits per heavy atom. The van der Waals surface area contributed by atoms with Gasteiger partial charge in [-0.25, -0.2) is 9.97 Å². The van der Waals surface area contributed by atoms with E-state index < -0.39 is 9.24 Å². The van der Waals surface area contributed by atoms with Gasteiger partial charge in [-0.3, -0.25) is 5.10 Å². The molecule has 0 radical (unpaired) electrons. The Bertz CT molecular complexity index is 1310. The SMILES string of the molecule is CC.Nc1ncnc2n[nH]c(-c3ccc(Oc4ccccc4)cc3)c12.O=S(=O)(Cl)N1CCCCC1. The van der Waals surface area contributed by atoms with Gasteiger partial charge >= 0.3 is 0 Å². The third kappa shape index (κ3) is 7.14. The van der Waals surface area contributed by atoms with E-state index in [9.17, 15) is 8.42 Å². The minimum absolute atomic E-state index is 0.406. The first-order chi connectivity index (χ1) is 16.9. The van der Waals surface area contributed by atoms with Crippen LogP contribution in [0.15, 0.2) is 60.9 Å². The fourth-order valence-corrected chi connectivity index (χ4v) is 4.59. The third-order valence-electron chi connectivity index (χ3n) is 5.13. The molecule has 0 atom stereocenters. The lowest BCUT2D eigenvalue weighted by Gasteiger charge is -2.22. The highest BCUT2D eigenvalue weighted by molar-refractivity contribution is 8.11. The summed E-state index contributed by atoms with van der Waals surface area (Å²) in [6, 6.07) is 17.3. The number of aromatic amines is 1. The summed E-state index contributed by atoms with van der Waals surface area (Å²) in [6.07, 6.45) is 4.39. The van der Waals surface area contributed by atoms with E-state index in [4.69, 9.17) is 21.2 Å². The fraction of sp³-hybridized carbons (Fsp3) is 0.292. The van der Waals surface area contributed by atoms with E-state index in [1.807, 2.05) is 68.4 Å². The van der Waals surface area contributed by atoms with Gasteiger partial charge in [-0.2, -0.15) is 17.8 Å². The molecule has 4 aromatic rings.